The number of aromatic amines is 1. The summed E-state index contributed by atoms with van der Waals surface area (Å²) in [5.74, 6) is 0. The van der Waals surface area contributed by atoms with Crippen molar-refractivity contribution in [1.29, 1.82) is 0 Å². The Morgan fingerprint density at radius 2 is 2.31 bits per heavy atom. The van der Waals surface area contributed by atoms with Crippen molar-refractivity contribution in [2.75, 3.05) is 13.6 Å². The summed E-state index contributed by atoms with van der Waals surface area (Å²) in [6.07, 6.45) is 4.33. The number of fused-ring (bicyclic) bond motifs is 1. The summed E-state index contributed by atoms with van der Waals surface area (Å²) in [5, 5.41) is 0. The Kier molecular flexibility index (Phi) is 2.11. The molecule has 4 nitrogen and oxygen atoms in total. The van der Waals surface area contributed by atoms with E-state index in [1.54, 1.807) is 16.5 Å². The Balaban J connectivity index is 2.12. The number of hydrogen-bond donors (Lipinski definition) is 1. The standard InChI is InChI=1S/C12H15N3O/c1-14-7-3-4-10(14)9-8-15-11(13-9)5-2-6-12(15)16/h2,5-6,8,10,13H,3-4,7H2,1H3. The van der Waals surface area contributed by atoms with E-state index in [1.807, 2.05) is 12.3 Å². The van der Waals surface area contributed by atoms with Crippen LogP contribution in [0.1, 0.15) is 24.6 Å². The first-order chi connectivity index (χ1) is 7.75. The normalized spacial score (nSPS) is 21.9. The zero-order valence-electron chi connectivity index (χ0n) is 9.31. The topological polar surface area (TPSA) is 40.5 Å². The number of H-pyrrole nitrogens is 1. The number of hydrogen-bond acceptors (Lipinski definition) is 2. The van der Waals surface area contributed by atoms with E-state index >= 15 is 0 Å². The average molecular weight is 217 g/mol. The van der Waals surface area contributed by atoms with Crippen LogP contribution in [0.2, 0.25) is 0 Å². The summed E-state index contributed by atoms with van der Waals surface area (Å²) in [6, 6.07) is 5.73. The van der Waals surface area contributed by atoms with Crippen molar-refractivity contribution in [3.8, 4) is 0 Å². The molecule has 1 atom stereocenters. The molecule has 0 aliphatic carbocycles. The minimum Gasteiger partial charge on any atom is -0.342 e. The van der Waals surface area contributed by atoms with Crippen LogP contribution in [0.3, 0.4) is 0 Å². The molecule has 0 saturated carbocycles. The van der Waals surface area contributed by atoms with Gasteiger partial charge in [-0.05, 0) is 32.5 Å². The van der Waals surface area contributed by atoms with Gasteiger partial charge in [0.05, 0.1) is 11.7 Å². The van der Waals surface area contributed by atoms with Crippen LogP contribution in [0.15, 0.2) is 29.2 Å². The van der Waals surface area contributed by atoms with Gasteiger partial charge in [0.15, 0.2) is 0 Å². The highest BCUT2D eigenvalue weighted by Crippen LogP contribution is 2.29. The number of rotatable bonds is 1. The van der Waals surface area contributed by atoms with Gasteiger partial charge in [-0.3, -0.25) is 14.1 Å². The highest BCUT2D eigenvalue weighted by atomic mass is 16.1. The fourth-order valence-electron chi connectivity index (χ4n) is 2.53. The van der Waals surface area contributed by atoms with Gasteiger partial charge in [-0.15, -0.1) is 0 Å². The van der Waals surface area contributed by atoms with Crippen LogP contribution in [0.4, 0.5) is 0 Å². The molecule has 1 saturated heterocycles. The maximum absolute atomic E-state index is 11.6. The van der Waals surface area contributed by atoms with E-state index < -0.39 is 0 Å². The van der Waals surface area contributed by atoms with Gasteiger partial charge in [0.2, 0.25) is 0 Å². The first kappa shape index (κ1) is 9.66. The molecule has 0 radical (unpaired) electrons. The molecule has 3 rings (SSSR count). The molecular weight excluding hydrogens is 202 g/mol. The van der Waals surface area contributed by atoms with Crippen LogP contribution in [-0.4, -0.2) is 27.9 Å². The Bertz CT molecular complexity index is 569. The molecule has 4 heteroatoms. The minimum atomic E-state index is 0.0284. The smallest absolute Gasteiger partial charge is 0.256 e. The van der Waals surface area contributed by atoms with Crippen molar-refractivity contribution < 1.29 is 0 Å². The molecule has 0 amide bonds. The molecular formula is C12H15N3O. The third-order valence-corrected chi connectivity index (χ3v) is 3.41. The van der Waals surface area contributed by atoms with E-state index in [0.717, 1.165) is 24.3 Å². The van der Waals surface area contributed by atoms with E-state index in [9.17, 15) is 4.79 Å². The summed E-state index contributed by atoms with van der Waals surface area (Å²) in [7, 11) is 2.13. The molecule has 2 aromatic heterocycles. The second-order valence-electron chi connectivity index (χ2n) is 4.47. The van der Waals surface area contributed by atoms with Gasteiger partial charge in [0, 0.05) is 12.3 Å². The average Bonchev–Trinajstić information content (AvgIpc) is 2.84. The molecule has 0 aromatic carbocycles. The monoisotopic (exact) mass is 217 g/mol. The van der Waals surface area contributed by atoms with Gasteiger partial charge >= 0.3 is 0 Å². The Morgan fingerprint density at radius 1 is 1.44 bits per heavy atom. The van der Waals surface area contributed by atoms with Crippen molar-refractivity contribution in [3.05, 3.63) is 40.4 Å². The van der Waals surface area contributed by atoms with Gasteiger partial charge in [-0.1, -0.05) is 6.07 Å². The van der Waals surface area contributed by atoms with Crippen molar-refractivity contribution in [2.45, 2.75) is 18.9 Å². The van der Waals surface area contributed by atoms with Crippen molar-refractivity contribution in [2.24, 2.45) is 0 Å². The molecule has 16 heavy (non-hydrogen) atoms. The highest BCUT2D eigenvalue weighted by Gasteiger charge is 2.24. The van der Waals surface area contributed by atoms with E-state index in [1.165, 1.54) is 6.42 Å². The molecule has 0 bridgehead atoms. The summed E-state index contributed by atoms with van der Waals surface area (Å²) in [5.41, 5.74) is 2.05. The number of pyridine rings is 1. The third-order valence-electron chi connectivity index (χ3n) is 3.41. The zero-order chi connectivity index (χ0) is 11.1. The van der Waals surface area contributed by atoms with Crippen LogP contribution in [0.5, 0.6) is 0 Å². The molecule has 1 N–H and O–H groups in total. The summed E-state index contributed by atoms with van der Waals surface area (Å²) in [6.45, 7) is 1.13. The van der Waals surface area contributed by atoms with Crippen LogP contribution in [-0.2, 0) is 0 Å². The fourth-order valence-corrected chi connectivity index (χ4v) is 2.53. The van der Waals surface area contributed by atoms with Crippen LogP contribution in [0.25, 0.3) is 5.65 Å². The van der Waals surface area contributed by atoms with Gasteiger partial charge in [-0.25, -0.2) is 0 Å². The second kappa shape index (κ2) is 3.49. The highest BCUT2D eigenvalue weighted by molar-refractivity contribution is 5.40. The number of aromatic nitrogens is 2. The number of nitrogens with one attached hydrogen (secondary N) is 1. The largest absolute Gasteiger partial charge is 0.342 e. The van der Waals surface area contributed by atoms with E-state index in [-0.39, 0.29) is 5.56 Å². The lowest BCUT2D eigenvalue weighted by Crippen LogP contribution is -2.17. The number of nitrogens with zero attached hydrogens (tertiary/aromatic N) is 2. The van der Waals surface area contributed by atoms with E-state index in [0.29, 0.717) is 6.04 Å². The lowest BCUT2D eigenvalue weighted by Gasteiger charge is -2.17. The van der Waals surface area contributed by atoms with Crippen molar-refractivity contribution >= 4 is 5.65 Å². The summed E-state index contributed by atoms with van der Waals surface area (Å²) < 4.78 is 1.68. The molecule has 0 spiro atoms. The molecule has 84 valence electrons. The third kappa shape index (κ3) is 1.38. The van der Waals surface area contributed by atoms with Gasteiger partial charge in [0.1, 0.15) is 5.65 Å². The first-order valence-corrected chi connectivity index (χ1v) is 5.66. The fraction of sp³-hybridized carbons (Fsp3) is 0.417. The van der Waals surface area contributed by atoms with Crippen molar-refractivity contribution in [1.82, 2.24) is 14.3 Å². The maximum Gasteiger partial charge on any atom is 0.256 e. The molecule has 3 heterocycles. The summed E-state index contributed by atoms with van der Waals surface area (Å²) >= 11 is 0. The van der Waals surface area contributed by atoms with Gasteiger partial charge < -0.3 is 4.98 Å². The lowest BCUT2D eigenvalue weighted by molar-refractivity contribution is 0.313. The van der Waals surface area contributed by atoms with Gasteiger partial charge in [0.25, 0.3) is 5.56 Å². The SMILES string of the molecule is CN1CCCC1c1cn2c(=O)cccc2[nH]1. The minimum absolute atomic E-state index is 0.0284. The second-order valence-corrected chi connectivity index (χ2v) is 4.47. The van der Waals surface area contributed by atoms with E-state index in [2.05, 4.69) is 16.9 Å². The predicted octanol–water partition coefficient (Wildman–Crippen LogP) is 1.39. The number of likely N-dealkylation sites (tertiary alicyclic amines) is 1. The maximum atomic E-state index is 11.6. The molecule has 2 aromatic rings. The molecule has 1 unspecified atom stereocenters. The number of imidazole rings is 1. The summed E-state index contributed by atoms with van der Waals surface area (Å²) in [4.78, 5) is 17.3. The van der Waals surface area contributed by atoms with Crippen LogP contribution < -0.4 is 5.56 Å². The van der Waals surface area contributed by atoms with Crippen LogP contribution >= 0.6 is 0 Å². The quantitative estimate of drug-likeness (QED) is 0.784. The Hall–Kier alpha value is -1.55. The first-order valence-electron chi connectivity index (χ1n) is 5.66. The molecule has 1 aliphatic rings. The molecule has 1 aliphatic heterocycles. The Morgan fingerprint density at radius 3 is 3.00 bits per heavy atom. The zero-order valence-corrected chi connectivity index (χ0v) is 9.31. The van der Waals surface area contributed by atoms with Gasteiger partial charge in [-0.2, -0.15) is 0 Å². The van der Waals surface area contributed by atoms with Crippen LogP contribution in [0, 0.1) is 0 Å². The van der Waals surface area contributed by atoms with E-state index in [4.69, 9.17) is 0 Å². The van der Waals surface area contributed by atoms with Crippen molar-refractivity contribution in [3.63, 3.8) is 0 Å². The Labute approximate surface area is 93.5 Å². The lowest BCUT2D eigenvalue weighted by atomic mass is 10.2. The predicted molar refractivity (Wildman–Crippen MR) is 62.6 cm³/mol. The molecule has 1 fully saturated rings.